The average molecular weight is 656 g/mol. The van der Waals surface area contributed by atoms with Crippen LogP contribution in [0, 0.1) is 23.6 Å². The molecule has 46 heavy (non-hydrogen) atoms. The lowest BCUT2D eigenvalue weighted by molar-refractivity contribution is -0.125. The van der Waals surface area contributed by atoms with Crippen molar-refractivity contribution in [2.45, 2.75) is 28.5 Å². The van der Waals surface area contributed by atoms with E-state index >= 15 is 0 Å². The highest BCUT2D eigenvalue weighted by Crippen LogP contribution is 2.67. The SMILES string of the molecule is O=C1[C@H]2[C@H](CC=C3[C@H]2C[C@@]2(Cl)C(=O)N(c4ccc(F)cc4)C(=O)[C@@]2(Cl)[C@H]3c2c(O)ccc3ccccc23)C(=O)N1c1ccccc1. The molecule has 0 radical (unpaired) electrons. The van der Waals surface area contributed by atoms with E-state index in [1.165, 1.54) is 23.1 Å². The van der Waals surface area contributed by atoms with Crippen molar-refractivity contribution in [2.75, 3.05) is 9.80 Å². The van der Waals surface area contributed by atoms with E-state index in [0.717, 1.165) is 22.4 Å². The molecule has 230 valence electrons. The van der Waals surface area contributed by atoms with Gasteiger partial charge in [0.1, 0.15) is 11.6 Å². The van der Waals surface area contributed by atoms with E-state index in [0.29, 0.717) is 22.2 Å². The Balaban J connectivity index is 1.36. The van der Waals surface area contributed by atoms with Crippen molar-refractivity contribution in [3.8, 4) is 5.75 Å². The molecule has 2 heterocycles. The van der Waals surface area contributed by atoms with Crippen molar-refractivity contribution in [1.82, 2.24) is 0 Å². The van der Waals surface area contributed by atoms with Crippen LogP contribution in [-0.4, -0.2) is 38.5 Å². The molecule has 1 N–H and O–H groups in total. The lowest BCUT2D eigenvalue weighted by Gasteiger charge is -2.51. The number of halogens is 3. The molecular formula is C36H25Cl2FN2O5. The van der Waals surface area contributed by atoms with Crippen LogP contribution in [0.4, 0.5) is 15.8 Å². The summed E-state index contributed by atoms with van der Waals surface area (Å²) in [5.74, 6) is -6.65. The number of carbonyl (C=O) groups excluding carboxylic acids is 4. The number of hydrogen-bond acceptors (Lipinski definition) is 5. The van der Waals surface area contributed by atoms with Crippen molar-refractivity contribution >= 4 is 69.0 Å². The van der Waals surface area contributed by atoms with Gasteiger partial charge in [0, 0.05) is 11.5 Å². The van der Waals surface area contributed by atoms with Crippen molar-refractivity contribution in [1.29, 1.82) is 0 Å². The second-order valence-corrected chi connectivity index (χ2v) is 13.6. The number of benzene rings is 4. The van der Waals surface area contributed by atoms with Crippen LogP contribution < -0.4 is 9.80 Å². The predicted octanol–water partition coefficient (Wildman–Crippen LogP) is 6.45. The first kappa shape index (κ1) is 28.9. The Morgan fingerprint density at radius 1 is 0.739 bits per heavy atom. The molecule has 3 fully saturated rings. The van der Waals surface area contributed by atoms with Crippen LogP contribution in [0.3, 0.4) is 0 Å². The first-order chi connectivity index (χ1) is 22.1. The first-order valence-corrected chi connectivity index (χ1v) is 15.7. The van der Waals surface area contributed by atoms with Gasteiger partial charge in [-0.05, 0) is 72.0 Å². The number of allylic oxidation sites excluding steroid dienone is 2. The van der Waals surface area contributed by atoms with Gasteiger partial charge in [-0.3, -0.25) is 24.1 Å². The molecular weight excluding hydrogens is 630 g/mol. The number of phenolic OH excluding ortho intramolecular Hbond substituents is 1. The molecule has 4 aliphatic rings. The second-order valence-electron chi connectivity index (χ2n) is 12.3. The number of amides is 4. The van der Waals surface area contributed by atoms with E-state index in [1.54, 1.807) is 48.5 Å². The third-order valence-electron chi connectivity index (χ3n) is 10.1. The zero-order valence-corrected chi connectivity index (χ0v) is 25.6. The molecule has 2 aliphatic carbocycles. The average Bonchev–Trinajstić information content (AvgIpc) is 3.40. The monoisotopic (exact) mass is 654 g/mol. The summed E-state index contributed by atoms with van der Waals surface area (Å²) >= 11 is 14.9. The Morgan fingerprint density at radius 2 is 1.41 bits per heavy atom. The Morgan fingerprint density at radius 3 is 2.15 bits per heavy atom. The first-order valence-electron chi connectivity index (χ1n) is 14.9. The number of aromatic hydroxyl groups is 1. The summed E-state index contributed by atoms with van der Waals surface area (Å²) in [5.41, 5.74) is 1.39. The summed E-state index contributed by atoms with van der Waals surface area (Å²) in [6.45, 7) is 0. The lowest BCUT2D eigenvalue weighted by Crippen LogP contribution is -2.60. The minimum Gasteiger partial charge on any atom is -0.508 e. The van der Waals surface area contributed by atoms with Gasteiger partial charge < -0.3 is 5.11 Å². The molecule has 4 amide bonds. The largest absolute Gasteiger partial charge is 0.508 e. The minimum atomic E-state index is -2.15. The maximum absolute atomic E-state index is 14.6. The van der Waals surface area contributed by atoms with Gasteiger partial charge >= 0.3 is 0 Å². The second kappa shape index (κ2) is 9.98. The van der Waals surface area contributed by atoms with Gasteiger partial charge in [0.25, 0.3) is 11.8 Å². The molecule has 2 aliphatic heterocycles. The molecule has 0 aromatic heterocycles. The fraction of sp³-hybridized carbons (Fsp3) is 0.222. The number of anilines is 2. The molecule has 0 unspecified atom stereocenters. The Kier molecular flexibility index (Phi) is 6.27. The number of phenols is 1. The number of fused-ring (bicyclic) bond motifs is 5. The van der Waals surface area contributed by atoms with Gasteiger partial charge in [-0.15, -0.1) is 23.2 Å². The predicted molar refractivity (Wildman–Crippen MR) is 171 cm³/mol. The molecule has 10 heteroatoms. The maximum Gasteiger partial charge on any atom is 0.258 e. The molecule has 2 saturated heterocycles. The van der Waals surface area contributed by atoms with Crippen molar-refractivity contribution < 1.29 is 28.7 Å². The summed E-state index contributed by atoms with van der Waals surface area (Å²) in [6, 6.07) is 24.0. The van der Waals surface area contributed by atoms with Crippen LogP contribution in [0.25, 0.3) is 10.8 Å². The number of rotatable bonds is 3. The zero-order chi connectivity index (χ0) is 32.1. The summed E-state index contributed by atoms with van der Waals surface area (Å²) in [7, 11) is 0. The smallest absolute Gasteiger partial charge is 0.258 e. The topological polar surface area (TPSA) is 95.0 Å². The summed E-state index contributed by atoms with van der Waals surface area (Å²) in [6.07, 6.45) is 1.81. The summed E-state index contributed by atoms with van der Waals surface area (Å²) in [5, 5.41) is 12.8. The van der Waals surface area contributed by atoms with Gasteiger partial charge in [-0.25, -0.2) is 9.29 Å². The third-order valence-corrected chi connectivity index (χ3v) is 11.6. The number of alkyl halides is 2. The Labute approximate surface area is 272 Å². The van der Waals surface area contributed by atoms with Gasteiger partial charge in [-0.2, -0.15) is 0 Å². The Bertz CT molecular complexity index is 2040. The van der Waals surface area contributed by atoms with E-state index in [2.05, 4.69) is 0 Å². The molecule has 6 atom stereocenters. The Hall–Kier alpha value is -4.53. The van der Waals surface area contributed by atoms with Crippen LogP contribution in [0.2, 0.25) is 0 Å². The van der Waals surface area contributed by atoms with Crippen molar-refractivity contribution in [3.63, 3.8) is 0 Å². The molecule has 0 bridgehead atoms. The highest BCUT2D eigenvalue weighted by atomic mass is 35.5. The molecule has 1 saturated carbocycles. The number of nitrogens with zero attached hydrogens (tertiary/aromatic N) is 2. The van der Waals surface area contributed by atoms with Gasteiger partial charge in [0.2, 0.25) is 11.8 Å². The van der Waals surface area contributed by atoms with Crippen LogP contribution in [0.5, 0.6) is 5.75 Å². The number of hydrogen-bond donors (Lipinski definition) is 1. The van der Waals surface area contributed by atoms with E-state index in [9.17, 15) is 28.7 Å². The standard InChI is InChI=1S/C36H25Cl2FN2O5/c37-35-18-26-24(15-16-25-28(26)32(44)40(31(25)43)21-7-2-1-3-8-21)30(29-23-9-5-4-6-19(23)10-17-27(29)42)36(35,38)34(46)41(33(35)45)22-13-11-20(39)12-14-22/h1-15,17,25-26,28,30,42H,16,18H2/t25-,26+,28-,30+,35+,36-/m0/s1. The summed E-state index contributed by atoms with van der Waals surface area (Å²) in [4.78, 5) is 54.9. The fourth-order valence-electron chi connectivity index (χ4n) is 8.13. The van der Waals surface area contributed by atoms with E-state index in [1.807, 2.05) is 18.2 Å². The van der Waals surface area contributed by atoms with Crippen LogP contribution in [-0.2, 0) is 19.2 Å². The van der Waals surface area contributed by atoms with E-state index in [4.69, 9.17) is 23.2 Å². The van der Waals surface area contributed by atoms with E-state index in [-0.39, 0.29) is 30.2 Å². The third kappa shape index (κ3) is 3.65. The van der Waals surface area contributed by atoms with Gasteiger partial charge in [-0.1, -0.05) is 60.2 Å². The lowest BCUT2D eigenvalue weighted by atomic mass is 9.56. The van der Waals surface area contributed by atoms with Crippen molar-refractivity contribution in [2.24, 2.45) is 17.8 Å². The molecule has 8 rings (SSSR count). The van der Waals surface area contributed by atoms with Crippen LogP contribution >= 0.6 is 23.2 Å². The fourth-order valence-corrected chi connectivity index (χ4v) is 9.05. The number of imide groups is 2. The highest BCUT2D eigenvalue weighted by molar-refractivity contribution is 6.58. The number of para-hydroxylation sites is 1. The maximum atomic E-state index is 14.6. The molecule has 0 spiro atoms. The molecule has 7 nitrogen and oxygen atoms in total. The zero-order valence-electron chi connectivity index (χ0n) is 24.1. The number of carbonyl (C=O) groups is 4. The van der Waals surface area contributed by atoms with Crippen molar-refractivity contribution in [3.05, 3.63) is 114 Å². The quantitative estimate of drug-likeness (QED) is 0.156. The molecule has 4 aromatic rings. The van der Waals surface area contributed by atoms with Crippen LogP contribution in [0.15, 0.2) is 103 Å². The van der Waals surface area contributed by atoms with Gasteiger partial charge in [0.05, 0.1) is 23.2 Å². The summed E-state index contributed by atoms with van der Waals surface area (Å²) < 4.78 is 13.9. The minimum absolute atomic E-state index is 0.0870. The normalized spacial score (nSPS) is 30.4. The molecule has 4 aromatic carbocycles. The van der Waals surface area contributed by atoms with E-state index < -0.39 is 57.0 Å². The highest BCUT2D eigenvalue weighted by Gasteiger charge is 2.77. The van der Waals surface area contributed by atoms with Crippen LogP contribution in [0.1, 0.15) is 24.3 Å². The van der Waals surface area contributed by atoms with Gasteiger partial charge in [0.15, 0.2) is 9.75 Å².